The molecule has 35 heavy (non-hydrogen) atoms. The third-order valence-corrected chi connectivity index (χ3v) is 6.72. The molecule has 2 aromatic heterocycles. The van der Waals surface area contributed by atoms with Crippen LogP contribution in [-0.2, 0) is 19.5 Å². The number of amides is 1. The average molecular weight is 475 g/mol. The minimum Gasteiger partial charge on any atom is -0.374 e. The quantitative estimate of drug-likeness (QED) is 0.473. The number of carbonyl (C=O) groups is 1. The number of nitrogens with zero attached hydrogens (tertiary/aromatic N) is 4. The van der Waals surface area contributed by atoms with Crippen LogP contribution in [0.2, 0.25) is 0 Å². The van der Waals surface area contributed by atoms with Gasteiger partial charge in [-0.3, -0.25) is 4.79 Å². The summed E-state index contributed by atoms with van der Waals surface area (Å²) in [6.45, 7) is 0.780. The maximum Gasteiger partial charge on any atom is 0.272 e. The Morgan fingerprint density at radius 1 is 1.17 bits per heavy atom. The molecule has 0 fully saturated rings. The van der Waals surface area contributed by atoms with Crippen molar-refractivity contribution in [2.45, 2.75) is 32.2 Å². The monoisotopic (exact) mass is 475 g/mol. The third-order valence-electron chi connectivity index (χ3n) is 6.72. The maximum atomic E-state index is 13.9. The van der Waals surface area contributed by atoms with Crippen LogP contribution in [0.1, 0.15) is 34.0 Å². The van der Waals surface area contributed by atoms with Crippen molar-refractivity contribution in [3.8, 4) is 0 Å². The predicted molar refractivity (Wildman–Crippen MR) is 128 cm³/mol. The normalized spacial score (nSPS) is 16.9. The summed E-state index contributed by atoms with van der Waals surface area (Å²) in [6.07, 6.45) is 2.58. The number of aryl methyl sites for hydroxylation is 1. The van der Waals surface area contributed by atoms with Gasteiger partial charge in [0.25, 0.3) is 5.91 Å². The number of nitrogens with one attached hydrogen (secondary N) is 1. The summed E-state index contributed by atoms with van der Waals surface area (Å²) in [7, 11) is 1.83. The fourth-order valence-electron chi connectivity index (χ4n) is 5.02. The molecule has 2 aromatic carbocycles. The molecule has 0 saturated carbocycles. The number of halogens is 2. The van der Waals surface area contributed by atoms with Gasteiger partial charge in [-0.1, -0.05) is 12.1 Å². The Morgan fingerprint density at radius 2 is 2.00 bits per heavy atom. The van der Waals surface area contributed by atoms with Crippen molar-refractivity contribution in [2.75, 3.05) is 11.9 Å². The number of hydrogen-bond acceptors (Lipinski definition) is 4. The average Bonchev–Trinajstić information content (AvgIpc) is 3.49. The number of fused-ring (bicyclic) bond motifs is 4. The van der Waals surface area contributed by atoms with Crippen LogP contribution in [0.15, 0.2) is 54.6 Å². The van der Waals surface area contributed by atoms with Gasteiger partial charge in [-0.05, 0) is 60.9 Å². The number of carbonyl (C=O) groups excluding carboxylic acids is 1. The first-order valence-electron chi connectivity index (χ1n) is 11.4. The highest BCUT2D eigenvalue weighted by atomic mass is 19.1. The Hall–Kier alpha value is -3.98. The van der Waals surface area contributed by atoms with Crippen molar-refractivity contribution < 1.29 is 18.7 Å². The van der Waals surface area contributed by atoms with Gasteiger partial charge in [0.2, 0.25) is 0 Å². The lowest BCUT2D eigenvalue weighted by Crippen LogP contribution is -2.37. The van der Waals surface area contributed by atoms with Gasteiger partial charge in [0.05, 0.1) is 11.4 Å². The highest BCUT2D eigenvalue weighted by Crippen LogP contribution is 2.34. The Kier molecular flexibility index (Phi) is 4.96. The van der Waals surface area contributed by atoms with E-state index >= 15 is 0 Å². The lowest BCUT2D eigenvalue weighted by molar-refractivity contribution is 0.0965. The standard InChI is InChI=1S/C26H23F2N5O2/c1-31-23(34)8-6-20-26(31)32-10-9-19(24(32)29-20)30-25(35)22-13-16-12-18(28)5-7-21(16)33(22)14-15-3-2-4-17(27)11-15/h2-5,7,9,11-13,23,34H,6,8,10,14H2,1H3,(H,30,35). The number of benzene rings is 2. The van der Waals surface area contributed by atoms with Gasteiger partial charge in [-0.15, -0.1) is 0 Å². The molecule has 1 amide bonds. The van der Waals surface area contributed by atoms with Gasteiger partial charge in [0.15, 0.2) is 5.82 Å². The Morgan fingerprint density at radius 3 is 2.83 bits per heavy atom. The van der Waals surface area contributed by atoms with E-state index in [4.69, 9.17) is 4.98 Å². The SMILES string of the molecule is CN1c2c(nc3n2CC=C3NC(=O)c2cc3cc(F)ccc3n2Cc2cccc(F)c2)CCC1O. The minimum absolute atomic E-state index is 0.250. The molecule has 2 aliphatic heterocycles. The first-order valence-corrected chi connectivity index (χ1v) is 11.4. The number of rotatable bonds is 4. The van der Waals surface area contributed by atoms with Crippen LogP contribution in [0.3, 0.4) is 0 Å². The molecule has 0 aliphatic carbocycles. The maximum absolute atomic E-state index is 13.9. The van der Waals surface area contributed by atoms with Crippen LogP contribution in [-0.4, -0.2) is 38.4 Å². The van der Waals surface area contributed by atoms with Gasteiger partial charge in [0.1, 0.15) is 29.4 Å². The fraction of sp³-hybridized carbons (Fsp3) is 0.231. The van der Waals surface area contributed by atoms with E-state index in [1.165, 1.54) is 24.3 Å². The number of aromatic nitrogens is 3. The highest BCUT2D eigenvalue weighted by Gasteiger charge is 2.32. The number of hydrogen-bond donors (Lipinski definition) is 2. The van der Waals surface area contributed by atoms with E-state index in [1.54, 1.807) is 33.7 Å². The summed E-state index contributed by atoms with van der Waals surface area (Å²) in [4.78, 5) is 20.0. The molecule has 178 valence electrons. The van der Waals surface area contributed by atoms with Crippen LogP contribution in [0, 0.1) is 11.6 Å². The predicted octanol–water partition coefficient (Wildman–Crippen LogP) is 3.65. The second kappa shape index (κ2) is 8.06. The lowest BCUT2D eigenvalue weighted by atomic mass is 10.1. The number of aliphatic hydroxyl groups is 1. The van der Waals surface area contributed by atoms with E-state index in [-0.39, 0.29) is 18.3 Å². The molecule has 1 unspecified atom stereocenters. The molecule has 2 aliphatic rings. The van der Waals surface area contributed by atoms with E-state index in [1.807, 2.05) is 17.7 Å². The first kappa shape index (κ1) is 21.5. The molecule has 0 radical (unpaired) electrons. The molecule has 0 spiro atoms. The van der Waals surface area contributed by atoms with Crippen LogP contribution >= 0.6 is 0 Å². The largest absolute Gasteiger partial charge is 0.374 e. The van der Waals surface area contributed by atoms with Gasteiger partial charge in [0, 0.05) is 31.0 Å². The van der Waals surface area contributed by atoms with Crippen molar-refractivity contribution in [3.63, 3.8) is 0 Å². The molecule has 9 heteroatoms. The topological polar surface area (TPSA) is 75.3 Å². The number of anilines is 1. The summed E-state index contributed by atoms with van der Waals surface area (Å²) in [5.74, 6) is 0.368. The Labute approximate surface area is 199 Å². The van der Waals surface area contributed by atoms with Crippen LogP contribution in [0.5, 0.6) is 0 Å². The van der Waals surface area contributed by atoms with E-state index < -0.39 is 12.0 Å². The third kappa shape index (κ3) is 3.59. The second-order valence-electron chi connectivity index (χ2n) is 8.97. The molecule has 7 nitrogen and oxygen atoms in total. The first-order chi connectivity index (χ1) is 16.9. The molecule has 1 atom stereocenters. The van der Waals surface area contributed by atoms with Gasteiger partial charge in [-0.25, -0.2) is 13.8 Å². The van der Waals surface area contributed by atoms with Crippen LogP contribution in [0.25, 0.3) is 16.6 Å². The van der Waals surface area contributed by atoms with E-state index in [2.05, 4.69) is 5.32 Å². The fourth-order valence-corrected chi connectivity index (χ4v) is 5.02. The molecule has 0 saturated heterocycles. The molecule has 4 heterocycles. The second-order valence-corrected chi connectivity index (χ2v) is 8.97. The molecule has 6 rings (SSSR count). The summed E-state index contributed by atoms with van der Waals surface area (Å²) in [5.41, 5.74) is 3.17. The summed E-state index contributed by atoms with van der Waals surface area (Å²) in [5, 5.41) is 13.8. The van der Waals surface area contributed by atoms with Gasteiger partial charge >= 0.3 is 0 Å². The van der Waals surface area contributed by atoms with Crippen molar-refractivity contribution in [3.05, 3.63) is 89.0 Å². The molecule has 0 bridgehead atoms. The molecule has 4 aromatic rings. The van der Waals surface area contributed by atoms with E-state index in [0.29, 0.717) is 53.1 Å². The summed E-state index contributed by atoms with van der Waals surface area (Å²) >= 11 is 0. The number of imidazole rings is 1. The molecular weight excluding hydrogens is 452 g/mol. The van der Waals surface area contributed by atoms with Crippen molar-refractivity contribution >= 4 is 28.3 Å². The summed E-state index contributed by atoms with van der Waals surface area (Å²) < 4.78 is 31.5. The Bertz CT molecular complexity index is 1520. The zero-order valence-electron chi connectivity index (χ0n) is 19.0. The molecule has 2 N–H and O–H groups in total. The highest BCUT2D eigenvalue weighted by molar-refractivity contribution is 6.02. The van der Waals surface area contributed by atoms with Crippen molar-refractivity contribution in [1.29, 1.82) is 0 Å². The van der Waals surface area contributed by atoms with Crippen LogP contribution < -0.4 is 10.2 Å². The smallest absolute Gasteiger partial charge is 0.272 e. The molecular formula is C26H23F2N5O2. The van der Waals surface area contributed by atoms with Crippen molar-refractivity contribution in [1.82, 2.24) is 19.4 Å². The van der Waals surface area contributed by atoms with Crippen molar-refractivity contribution in [2.24, 2.45) is 0 Å². The van der Waals surface area contributed by atoms with Gasteiger partial charge in [-0.2, -0.15) is 0 Å². The van der Waals surface area contributed by atoms with E-state index in [0.717, 1.165) is 11.5 Å². The van der Waals surface area contributed by atoms with Gasteiger partial charge < -0.3 is 24.5 Å². The zero-order valence-corrected chi connectivity index (χ0v) is 19.0. The summed E-state index contributed by atoms with van der Waals surface area (Å²) in [6, 6.07) is 12.2. The number of aliphatic hydroxyl groups excluding tert-OH is 1. The lowest BCUT2D eigenvalue weighted by Gasteiger charge is -2.30. The zero-order chi connectivity index (χ0) is 24.3. The number of allylic oxidation sites excluding steroid dienone is 1. The minimum atomic E-state index is -0.569. The Balaban J connectivity index is 1.35. The van der Waals surface area contributed by atoms with E-state index in [9.17, 15) is 18.7 Å². The van der Waals surface area contributed by atoms with Crippen LogP contribution in [0.4, 0.5) is 14.6 Å².